The second kappa shape index (κ2) is 5.75. The van der Waals surface area contributed by atoms with Gasteiger partial charge in [0.2, 0.25) is 0 Å². The van der Waals surface area contributed by atoms with Gasteiger partial charge in [0.1, 0.15) is 6.29 Å². The van der Waals surface area contributed by atoms with Gasteiger partial charge < -0.3 is 5.11 Å². The average Bonchev–Trinajstić information content (AvgIpc) is 2.81. The Morgan fingerprint density at radius 3 is 2.61 bits per heavy atom. The number of carbonyl (C=O) groups is 2. The molecule has 0 bridgehead atoms. The number of hydrogen-bond acceptors (Lipinski definition) is 2. The summed E-state index contributed by atoms with van der Waals surface area (Å²) < 4.78 is 0. The van der Waals surface area contributed by atoms with Gasteiger partial charge in [-0.2, -0.15) is 0 Å². The molecule has 0 aromatic carbocycles. The van der Waals surface area contributed by atoms with E-state index in [4.69, 9.17) is 0 Å². The van der Waals surface area contributed by atoms with Crippen molar-refractivity contribution in [3.63, 3.8) is 0 Å². The summed E-state index contributed by atoms with van der Waals surface area (Å²) in [6.07, 6.45) is 9.76. The molecule has 0 heterocycles. The monoisotopic (exact) mass is 318 g/mol. The van der Waals surface area contributed by atoms with Gasteiger partial charge in [-0.3, -0.25) is 9.59 Å². The first-order chi connectivity index (χ1) is 10.8. The smallest absolute Gasteiger partial charge is 0.310 e. The first-order valence-electron chi connectivity index (χ1n) is 9.23. The molecular weight excluding hydrogens is 288 g/mol. The Labute approximate surface area is 139 Å². The van der Waals surface area contributed by atoms with Crippen molar-refractivity contribution in [3.05, 3.63) is 11.6 Å². The number of carbonyl (C=O) groups excluding carboxylic acids is 1. The molecule has 2 saturated carbocycles. The minimum Gasteiger partial charge on any atom is -0.481 e. The van der Waals surface area contributed by atoms with Crippen LogP contribution in [0.3, 0.4) is 0 Å². The van der Waals surface area contributed by atoms with Crippen LogP contribution in [0.2, 0.25) is 0 Å². The Morgan fingerprint density at radius 1 is 1.26 bits per heavy atom. The second-order valence-electron chi connectivity index (χ2n) is 8.77. The zero-order valence-corrected chi connectivity index (χ0v) is 14.7. The number of rotatable bonds is 3. The van der Waals surface area contributed by atoms with E-state index in [0.29, 0.717) is 17.8 Å². The molecule has 0 aromatic heterocycles. The van der Waals surface area contributed by atoms with Crippen molar-refractivity contribution in [3.8, 4) is 0 Å². The highest BCUT2D eigenvalue weighted by molar-refractivity contribution is 5.76. The van der Waals surface area contributed by atoms with Gasteiger partial charge in [0.05, 0.1) is 5.41 Å². The van der Waals surface area contributed by atoms with Crippen LogP contribution < -0.4 is 0 Å². The van der Waals surface area contributed by atoms with Crippen molar-refractivity contribution in [2.24, 2.45) is 34.5 Å². The van der Waals surface area contributed by atoms with E-state index in [1.54, 1.807) is 0 Å². The quantitative estimate of drug-likeness (QED) is 0.781. The molecule has 5 atom stereocenters. The fraction of sp³-hybridized carbons (Fsp3) is 0.800. The van der Waals surface area contributed by atoms with Crippen LogP contribution in [-0.4, -0.2) is 17.4 Å². The second-order valence-corrected chi connectivity index (χ2v) is 8.77. The Bertz CT molecular complexity index is 535. The number of aliphatic carboxylic acids is 1. The Kier molecular flexibility index (Phi) is 4.18. The lowest BCUT2D eigenvalue weighted by Gasteiger charge is -2.53. The highest BCUT2D eigenvalue weighted by atomic mass is 16.4. The highest BCUT2D eigenvalue weighted by Gasteiger charge is 2.63. The van der Waals surface area contributed by atoms with Crippen LogP contribution in [-0.2, 0) is 9.59 Å². The SMILES string of the molecule is CC(C)C1CCC2C3CC=C(C=O)CCC3(C)CCC12C(=O)O. The van der Waals surface area contributed by atoms with E-state index in [1.165, 1.54) is 0 Å². The van der Waals surface area contributed by atoms with Crippen LogP contribution in [0.5, 0.6) is 0 Å². The number of aldehydes is 1. The zero-order valence-electron chi connectivity index (χ0n) is 14.7. The molecule has 3 heteroatoms. The largest absolute Gasteiger partial charge is 0.481 e. The minimum absolute atomic E-state index is 0.191. The molecule has 0 aliphatic heterocycles. The number of allylic oxidation sites excluding steroid dienone is 2. The van der Waals surface area contributed by atoms with Gasteiger partial charge in [0, 0.05) is 0 Å². The maximum absolute atomic E-state index is 12.4. The van der Waals surface area contributed by atoms with Gasteiger partial charge >= 0.3 is 5.97 Å². The molecular formula is C20H30O3. The average molecular weight is 318 g/mol. The van der Waals surface area contributed by atoms with Gasteiger partial charge in [0.15, 0.2) is 0 Å². The summed E-state index contributed by atoms with van der Waals surface area (Å²) in [6, 6.07) is 0. The van der Waals surface area contributed by atoms with Gasteiger partial charge in [-0.15, -0.1) is 0 Å². The molecule has 128 valence electrons. The molecule has 0 radical (unpaired) electrons. The molecule has 3 aliphatic carbocycles. The summed E-state index contributed by atoms with van der Waals surface area (Å²) in [5.41, 5.74) is 0.578. The third-order valence-corrected chi connectivity index (χ3v) is 7.58. The van der Waals surface area contributed by atoms with E-state index in [1.807, 2.05) is 0 Å². The van der Waals surface area contributed by atoms with Crippen molar-refractivity contribution in [1.82, 2.24) is 0 Å². The molecule has 3 rings (SSSR count). The third-order valence-electron chi connectivity index (χ3n) is 7.58. The van der Waals surface area contributed by atoms with E-state index >= 15 is 0 Å². The van der Waals surface area contributed by atoms with E-state index < -0.39 is 11.4 Å². The van der Waals surface area contributed by atoms with Crippen LogP contribution in [0.25, 0.3) is 0 Å². The summed E-state index contributed by atoms with van der Waals surface area (Å²) in [7, 11) is 0. The summed E-state index contributed by atoms with van der Waals surface area (Å²) in [5.74, 6) is 0.839. The zero-order chi connectivity index (χ0) is 16.8. The lowest BCUT2D eigenvalue weighted by atomic mass is 9.50. The standard InChI is InChI=1S/C20H30O3/c1-13(2)15-6-7-17-16-5-4-14(12-21)8-9-19(16,3)10-11-20(15,17)18(22)23/h4,12-13,15-17H,5-11H2,1-3H3,(H,22,23). The van der Waals surface area contributed by atoms with E-state index in [-0.39, 0.29) is 11.3 Å². The van der Waals surface area contributed by atoms with Crippen molar-refractivity contribution >= 4 is 12.3 Å². The maximum atomic E-state index is 12.4. The number of hydrogen-bond donors (Lipinski definition) is 1. The van der Waals surface area contributed by atoms with E-state index in [0.717, 1.165) is 56.8 Å². The lowest BCUT2D eigenvalue weighted by Crippen LogP contribution is -2.52. The number of fused-ring (bicyclic) bond motifs is 3. The van der Waals surface area contributed by atoms with Gasteiger partial charge in [-0.25, -0.2) is 0 Å². The molecule has 3 aliphatic rings. The lowest BCUT2D eigenvalue weighted by molar-refractivity contribution is -0.166. The number of carboxylic acids is 1. The van der Waals surface area contributed by atoms with Crippen molar-refractivity contribution < 1.29 is 14.7 Å². The van der Waals surface area contributed by atoms with Crippen LogP contribution in [0.4, 0.5) is 0 Å². The topological polar surface area (TPSA) is 54.4 Å². The third kappa shape index (κ3) is 2.38. The fourth-order valence-electron chi connectivity index (χ4n) is 6.27. The van der Waals surface area contributed by atoms with Crippen LogP contribution >= 0.6 is 0 Å². The van der Waals surface area contributed by atoms with Gasteiger partial charge in [-0.05, 0) is 79.6 Å². The normalized spacial score (nSPS) is 43.3. The van der Waals surface area contributed by atoms with Crippen molar-refractivity contribution in [2.75, 3.05) is 0 Å². The van der Waals surface area contributed by atoms with Crippen molar-refractivity contribution in [2.45, 2.75) is 65.7 Å². The molecule has 0 saturated heterocycles. The first kappa shape index (κ1) is 16.7. The molecule has 0 spiro atoms. The molecule has 2 fully saturated rings. The molecule has 1 N–H and O–H groups in total. The molecule has 23 heavy (non-hydrogen) atoms. The summed E-state index contributed by atoms with van der Waals surface area (Å²) in [4.78, 5) is 23.6. The van der Waals surface area contributed by atoms with Gasteiger partial charge in [0.25, 0.3) is 0 Å². The maximum Gasteiger partial charge on any atom is 0.310 e. The van der Waals surface area contributed by atoms with Crippen LogP contribution in [0.1, 0.15) is 65.7 Å². The summed E-state index contributed by atoms with van der Waals surface area (Å²) in [6.45, 7) is 6.71. The van der Waals surface area contributed by atoms with Crippen LogP contribution in [0.15, 0.2) is 11.6 Å². The fourth-order valence-corrected chi connectivity index (χ4v) is 6.27. The predicted molar refractivity (Wildman–Crippen MR) is 89.9 cm³/mol. The Hall–Kier alpha value is -1.12. The molecule has 3 nitrogen and oxygen atoms in total. The Morgan fingerprint density at radius 2 is 2.00 bits per heavy atom. The molecule has 0 amide bonds. The highest BCUT2D eigenvalue weighted by Crippen LogP contribution is 2.66. The summed E-state index contributed by atoms with van der Waals surface area (Å²) in [5, 5.41) is 10.2. The summed E-state index contributed by atoms with van der Waals surface area (Å²) >= 11 is 0. The van der Waals surface area contributed by atoms with E-state index in [9.17, 15) is 14.7 Å². The van der Waals surface area contributed by atoms with E-state index in [2.05, 4.69) is 26.8 Å². The predicted octanol–water partition coefficient (Wildman–Crippen LogP) is 4.47. The molecule has 0 aromatic rings. The Balaban J connectivity index is 2.00. The number of carboxylic acid groups (broad SMARTS) is 1. The van der Waals surface area contributed by atoms with Crippen LogP contribution in [0, 0.1) is 34.5 Å². The van der Waals surface area contributed by atoms with Crippen molar-refractivity contribution in [1.29, 1.82) is 0 Å². The first-order valence-corrected chi connectivity index (χ1v) is 9.23. The molecule has 5 unspecified atom stereocenters. The van der Waals surface area contributed by atoms with Gasteiger partial charge in [-0.1, -0.05) is 26.8 Å². The minimum atomic E-state index is -0.565.